The van der Waals surface area contributed by atoms with Crippen LogP contribution in [0.5, 0.6) is 0 Å². The Morgan fingerprint density at radius 2 is 2.04 bits per heavy atom. The molecule has 3 aromatic rings. The maximum absolute atomic E-state index is 12.2. The molecule has 0 bridgehead atoms. The van der Waals surface area contributed by atoms with Crippen molar-refractivity contribution in [2.45, 2.75) is 39.9 Å². The van der Waals surface area contributed by atoms with Gasteiger partial charge in [-0.15, -0.1) is 10.2 Å². The Bertz CT molecular complexity index is 851. The van der Waals surface area contributed by atoms with Gasteiger partial charge in [-0.25, -0.2) is 9.78 Å². The zero-order valence-electron chi connectivity index (χ0n) is 14.7. The first-order valence-corrected chi connectivity index (χ1v) is 8.38. The minimum Gasteiger partial charge on any atom is -0.333 e. The summed E-state index contributed by atoms with van der Waals surface area (Å²) in [6, 6.07) is 5.14. The van der Waals surface area contributed by atoms with Gasteiger partial charge in [0.2, 0.25) is 0 Å². The fourth-order valence-corrected chi connectivity index (χ4v) is 2.69. The summed E-state index contributed by atoms with van der Waals surface area (Å²) < 4.78 is 3.92. The Balaban J connectivity index is 1.58. The first-order chi connectivity index (χ1) is 12.0. The molecule has 2 amide bonds. The van der Waals surface area contributed by atoms with E-state index in [4.69, 9.17) is 0 Å². The van der Waals surface area contributed by atoms with Gasteiger partial charge in [0, 0.05) is 25.1 Å². The lowest BCUT2D eigenvalue weighted by Gasteiger charge is -2.14. The Hall–Kier alpha value is -2.90. The zero-order valence-corrected chi connectivity index (χ0v) is 14.7. The van der Waals surface area contributed by atoms with E-state index in [-0.39, 0.29) is 12.1 Å². The number of hydrogen-bond donors (Lipinski definition) is 2. The number of imidazole rings is 1. The van der Waals surface area contributed by atoms with Crippen LogP contribution in [0.4, 0.5) is 4.79 Å². The van der Waals surface area contributed by atoms with E-state index in [2.05, 4.69) is 44.2 Å². The average Bonchev–Trinajstić information content (AvgIpc) is 3.19. The second-order valence-corrected chi connectivity index (χ2v) is 6.43. The number of aromatic nitrogens is 5. The molecule has 25 heavy (non-hydrogen) atoms. The van der Waals surface area contributed by atoms with Gasteiger partial charge < -0.3 is 15.2 Å². The summed E-state index contributed by atoms with van der Waals surface area (Å²) in [6.07, 6.45) is 5.56. The van der Waals surface area contributed by atoms with Crippen LogP contribution in [0.15, 0.2) is 36.8 Å². The third-order valence-electron chi connectivity index (χ3n) is 3.85. The molecule has 0 spiro atoms. The number of nitrogens with one attached hydrogen (secondary N) is 2. The number of nitrogens with zero attached hydrogens (tertiary/aromatic N) is 5. The van der Waals surface area contributed by atoms with Crippen molar-refractivity contribution in [1.29, 1.82) is 0 Å². The molecule has 3 aromatic heterocycles. The third kappa shape index (κ3) is 3.96. The number of carbonyl (C=O) groups is 1. The van der Waals surface area contributed by atoms with Gasteiger partial charge in [0.1, 0.15) is 5.82 Å². The highest BCUT2D eigenvalue weighted by molar-refractivity contribution is 5.74. The maximum atomic E-state index is 12.2. The van der Waals surface area contributed by atoms with Crippen LogP contribution < -0.4 is 10.6 Å². The molecule has 0 aliphatic carbocycles. The van der Waals surface area contributed by atoms with Crippen molar-refractivity contribution in [1.82, 2.24) is 34.8 Å². The average molecular weight is 341 g/mol. The Morgan fingerprint density at radius 1 is 1.20 bits per heavy atom. The molecule has 0 radical (unpaired) electrons. The first kappa shape index (κ1) is 16.9. The van der Waals surface area contributed by atoms with Gasteiger partial charge in [-0.2, -0.15) is 0 Å². The van der Waals surface area contributed by atoms with Crippen LogP contribution in [0.2, 0.25) is 0 Å². The molecule has 0 aliphatic heterocycles. The number of rotatable bonds is 6. The Morgan fingerprint density at radius 3 is 2.84 bits per heavy atom. The summed E-state index contributed by atoms with van der Waals surface area (Å²) >= 11 is 0. The predicted molar refractivity (Wildman–Crippen MR) is 93.8 cm³/mol. The second kappa shape index (κ2) is 7.33. The maximum Gasteiger partial charge on any atom is 0.315 e. The van der Waals surface area contributed by atoms with Crippen LogP contribution >= 0.6 is 0 Å². The van der Waals surface area contributed by atoms with Crippen LogP contribution in [0, 0.1) is 5.92 Å². The molecular formula is C17H23N7O. The molecule has 0 saturated carbocycles. The van der Waals surface area contributed by atoms with E-state index in [9.17, 15) is 4.79 Å². The van der Waals surface area contributed by atoms with E-state index in [0.717, 1.165) is 18.0 Å². The lowest BCUT2D eigenvalue weighted by atomic mass is 10.2. The number of carbonyl (C=O) groups excluding carboxylic acids is 1. The van der Waals surface area contributed by atoms with Crippen LogP contribution in [0.1, 0.15) is 38.5 Å². The topological polar surface area (TPSA) is 89.1 Å². The molecule has 0 aliphatic rings. The van der Waals surface area contributed by atoms with Crippen molar-refractivity contribution in [3.63, 3.8) is 0 Å². The molecule has 2 N–H and O–H groups in total. The van der Waals surface area contributed by atoms with E-state index >= 15 is 0 Å². The SMILES string of the molecule is CC(C)Cn1ccnc1CNC(=O)NC(C)c1nnc2ccccn12. The summed E-state index contributed by atoms with van der Waals surface area (Å²) in [7, 11) is 0. The van der Waals surface area contributed by atoms with Gasteiger partial charge in [0.15, 0.2) is 11.5 Å². The summed E-state index contributed by atoms with van der Waals surface area (Å²) in [5.74, 6) is 2.04. The molecule has 8 heteroatoms. The molecule has 0 aromatic carbocycles. The van der Waals surface area contributed by atoms with E-state index in [1.165, 1.54) is 0 Å². The van der Waals surface area contributed by atoms with Gasteiger partial charge in [0.25, 0.3) is 0 Å². The van der Waals surface area contributed by atoms with Crippen LogP contribution in [0.25, 0.3) is 5.65 Å². The van der Waals surface area contributed by atoms with Crippen molar-refractivity contribution in [3.8, 4) is 0 Å². The van der Waals surface area contributed by atoms with Crippen LogP contribution in [0.3, 0.4) is 0 Å². The highest BCUT2D eigenvalue weighted by Gasteiger charge is 2.16. The lowest BCUT2D eigenvalue weighted by molar-refractivity contribution is 0.236. The summed E-state index contributed by atoms with van der Waals surface area (Å²) in [5, 5.41) is 14.0. The smallest absolute Gasteiger partial charge is 0.315 e. The molecule has 0 fully saturated rings. The van der Waals surface area contributed by atoms with Gasteiger partial charge in [-0.05, 0) is 25.0 Å². The third-order valence-corrected chi connectivity index (χ3v) is 3.85. The second-order valence-electron chi connectivity index (χ2n) is 6.43. The summed E-state index contributed by atoms with van der Waals surface area (Å²) in [6.45, 7) is 7.42. The molecule has 1 unspecified atom stereocenters. The fraction of sp³-hybridized carbons (Fsp3) is 0.412. The number of urea groups is 1. The van der Waals surface area contributed by atoms with Crippen molar-refractivity contribution in [3.05, 3.63) is 48.4 Å². The standard InChI is InChI=1S/C17H23N7O/c1-12(2)11-23-9-7-18-15(23)10-19-17(25)20-13(3)16-22-21-14-6-4-5-8-24(14)16/h4-9,12-13H,10-11H2,1-3H3,(H2,19,20,25). The van der Waals surface area contributed by atoms with Crippen molar-refractivity contribution in [2.24, 2.45) is 5.92 Å². The van der Waals surface area contributed by atoms with Crippen molar-refractivity contribution < 1.29 is 4.79 Å². The van der Waals surface area contributed by atoms with E-state index in [1.807, 2.05) is 41.9 Å². The Labute approximate surface area is 146 Å². The van der Waals surface area contributed by atoms with Gasteiger partial charge in [-0.3, -0.25) is 4.40 Å². The molecule has 0 saturated heterocycles. The highest BCUT2D eigenvalue weighted by Crippen LogP contribution is 2.11. The molecular weight excluding hydrogens is 318 g/mol. The summed E-state index contributed by atoms with van der Waals surface area (Å²) in [4.78, 5) is 16.5. The number of hydrogen-bond acceptors (Lipinski definition) is 4. The zero-order chi connectivity index (χ0) is 17.8. The minimum atomic E-state index is -0.271. The molecule has 3 rings (SSSR count). The largest absolute Gasteiger partial charge is 0.333 e. The molecule has 3 heterocycles. The number of fused-ring (bicyclic) bond motifs is 1. The van der Waals surface area contributed by atoms with Crippen LogP contribution in [-0.4, -0.2) is 30.2 Å². The monoisotopic (exact) mass is 341 g/mol. The first-order valence-electron chi connectivity index (χ1n) is 8.38. The van der Waals surface area contributed by atoms with Crippen molar-refractivity contribution >= 4 is 11.7 Å². The fourth-order valence-electron chi connectivity index (χ4n) is 2.69. The van der Waals surface area contributed by atoms with Gasteiger partial charge >= 0.3 is 6.03 Å². The lowest BCUT2D eigenvalue weighted by Crippen LogP contribution is -2.37. The van der Waals surface area contributed by atoms with Crippen molar-refractivity contribution in [2.75, 3.05) is 0 Å². The van der Waals surface area contributed by atoms with E-state index in [0.29, 0.717) is 18.3 Å². The molecule has 8 nitrogen and oxygen atoms in total. The Kier molecular flexibility index (Phi) is 4.97. The normalized spacial score (nSPS) is 12.5. The van der Waals surface area contributed by atoms with Crippen LogP contribution in [-0.2, 0) is 13.1 Å². The highest BCUT2D eigenvalue weighted by atomic mass is 16.2. The quantitative estimate of drug-likeness (QED) is 0.719. The number of amides is 2. The van der Waals surface area contributed by atoms with Gasteiger partial charge in [-0.1, -0.05) is 19.9 Å². The number of pyridine rings is 1. The predicted octanol–water partition coefficient (Wildman–Crippen LogP) is 2.14. The minimum absolute atomic E-state index is 0.265. The summed E-state index contributed by atoms with van der Waals surface area (Å²) in [5.41, 5.74) is 0.752. The van der Waals surface area contributed by atoms with Gasteiger partial charge in [0.05, 0.1) is 12.6 Å². The van der Waals surface area contributed by atoms with E-state index in [1.54, 1.807) is 6.20 Å². The molecule has 132 valence electrons. The van der Waals surface area contributed by atoms with E-state index < -0.39 is 0 Å². The molecule has 1 atom stereocenters.